The summed E-state index contributed by atoms with van der Waals surface area (Å²) in [6.45, 7) is 1.00. The highest BCUT2D eigenvalue weighted by Gasteiger charge is 2.14. The van der Waals surface area contributed by atoms with Crippen molar-refractivity contribution in [3.05, 3.63) is 58.3 Å². The van der Waals surface area contributed by atoms with Crippen molar-refractivity contribution in [1.29, 1.82) is 0 Å². The molecule has 2 aromatic rings. The number of benzene rings is 2. The van der Waals surface area contributed by atoms with E-state index in [-0.39, 0.29) is 18.3 Å². The third kappa shape index (κ3) is 5.67. The number of quaternary nitrogens is 1. The number of halogens is 3. The number of anilines is 1. The molecule has 0 radical (unpaired) electrons. The van der Waals surface area contributed by atoms with Crippen molar-refractivity contribution < 1.29 is 14.1 Å². The molecule has 0 aromatic heterocycles. The molecule has 3 nitrogen and oxygen atoms in total. The van der Waals surface area contributed by atoms with Crippen molar-refractivity contribution in [3.63, 3.8) is 0 Å². The van der Waals surface area contributed by atoms with Crippen LogP contribution in [0.4, 0.5) is 10.1 Å². The zero-order valence-corrected chi connectivity index (χ0v) is 15.4. The standard InChI is InChI=1S/C17H17Cl2FN2OS/c1-22(9-10-24-15-8-3-2-7-14(15)20)11-16(23)21-17-12(18)5-4-6-13(17)19/h2-8H,9-11H2,1H3,(H,21,23)/p+1. The van der Waals surface area contributed by atoms with Gasteiger partial charge in [0.25, 0.3) is 5.91 Å². The number of rotatable bonds is 7. The average Bonchev–Trinajstić information content (AvgIpc) is 2.53. The minimum atomic E-state index is -0.216. The first-order valence-electron chi connectivity index (χ1n) is 7.40. The minimum Gasteiger partial charge on any atom is -0.329 e. The third-order valence-corrected chi connectivity index (χ3v) is 4.99. The van der Waals surface area contributed by atoms with Crippen LogP contribution in [0.1, 0.15) is 0 Å². The molecule has 1 unspecified atom stereocenters. The highest BCUT2D eigenvalue weighted by atomic mass is 35.5. The van der Waals surface area contributed by atoms with Crippen molar-refractivity contribution in [2.24, 2.45) is 0 Å². The van der Waals surface area contributed by atoms with Crippen LogP contribution in [0.3, 0.4) is 0 Å². The second kappa shape index (κ2) is 9.28. The van der Waals surface area contributed by atoms with Gasteiger partial charge >= 0.3 is 0 Å². The number of hydrogen-bond acceptors (Lipinski definition) is 2. The Morgan fingerprint density at radius 1 is 1.17 bits per heavy atom. The molecule has 0 spiro atoms. The Kier molecular flexibility index (Phi) is 7.37. The van der Waals surface area contributed by atoms with E-state index in [2.05, 4.69) is 5.32 Å². The van der Waals surface area contributed by atoms with Crippen LogP contribution in [-0.2, 0) is 4.79 Å². The SMILES string of the molecule is C[NH+](CCSc1ccccc1F)CC(=O)Nc1c(Cl)cccc1Cl. The van der Waals surface area contributed by atoms with Gasteiger partial charge in [-0.1, -0.05) is 41.4 Å². The van der Waals surface area contributed by atoms with Gasteiger partial charge in [0.15, 0.2) is 6.54 Å². The summed E-state index contributed by atoms with van der Waals surface area (Å²) in [6.07, 6.45) is 0. The number of amides is 1. The fraction of sp³-hybridized carbons (Fsp3) is 0.235. The Labute approximate surface area is 155 Å². The van der Waals surface area contributed by atoms with E-state index < -0.39 is 0 Å². The topological polar surface area (TPSA) is 33.5 Å². The minimum absolute atomic E-state index is 0.168. The maximum atomic E-state index is 13.5. The zero-order valence-electron chi connectivity index (χ0n) is 13.1. The largest absolute Gasteiger partial charge is 0.329 e. The lowest BCUT2D eigenvalue weighted by Crippen LogP contribution is -3.10. The molecular formula is C17H18Cl2FN2OS+. The fourth-order valence-corrected chi connectivity index (χ4v) is 3.60. The quantitative estimate of drug-likeness (QED) is 0.714. The molecule has 0 aliphatic rings. The van der Waals surface area contributed by atoms with Crippen LogP contribution < -0.4 is 10.2 Å². The number of thioether (sulfide) groups is 1. The Hall–Kier alpha value is -1.27. The maximum absolute atomic E-state index is 13.5. The van der Waals surface area contributed by atoms with E-state index in [0.29, 0.717) is 26.4 Å². The lowest BCUT2D eigenvalue weighted by molar-refractivity contribution is -0.868. The predicted octanol–water partition coefficient (Wildman–Crippen LogP) is 3.38. The van der Waals surface area contributed by atoms with Crippen LogP contribution in [0.2, 0.25) is 10.0 Å². The van der Waals surface area contributed by atoms with Crippen LogP contribution in [0.5, 0.6) is 0 Å². The lowest BCUT2D eigenvalue weighted by atomic mass is 10.3. The number of para-hydroxylation sites is 1. The predicted molar refractivity (Wildman–Crippen MR) is 98.8 cm³/mol. The molecule has 0 aliphatic carbocycles. The molecule has 0 bridgehead atoms. The first-order valence-corrected chi connectivity index (χ1v) is 9.14. The third-order valence-electron chi connectivity index (χ3n) is 3.31. The highest BCUT2D eigenvalue weighted by molar-refractivity contribution is 7.99. The summed E-state index contributed by atoms with van der Waals surface area (Å²) < 4.78 is 13.5. The van der Waals surface area contributed by atoms with Gasteiger partial charge in [-0.05, 0) is 24.3 Å². The molecule has 0 saturated carbocycles. The van der Waals surface area contributed by atoms with Crippen LogP contribution >= 0.6 is 35.0 Å². The van der Waals surface area contributed by atoms with Crippen LogP contribution in [-0.4, -0.2) is 31.8 Å². The summed E-state index contributed by atoms with van der Waals surface area (Å²) in [4.78, 5) is 13.7. The summed E-state index contributed by atoms with van der Waals surface area (Å²) in [6, 6.07) is 11.7. The van der Waals surface area contributed by atoms with Gasteiger partial charge in [0, 0.05) is 10.6 Å². The molecule has 1 amide bonds. The summed E-state index contributed by atoms with van der Waals surface area (Å²) in [5.74, 6) is 0.331. The summed E-state index contributed by atoms with van der Waals surface area (Å²) in [5.41, 5.74) is 0.430. The molecular weight excluding hydrogens is 370 g/mol. The number of carbonyl (C=O) groups is 1. The van der Waals surface area contributed by atoms with Crippen LogP contribution in [0, 0.1) is 5.82 Å². The van der Waals surface area contributed by atoms with Gasteiger partial charge in [0.1, 0.15) is 5.82 Å². The van der Waals surface area contributed by atoms with Crippen molar-refractivity contribution >= 4 is 46.6 Å². The molecule has 0 fully saturated rings. The van der Waals surface area contributed by atoms with Crippen molar-refractivity contribution in [2.75, 3.05) is 31.2 Å². The Morgan fingerprint density at radius 2 is 1.83 bits per heavy atom. The van der Waals surface area contributed by atoms with Crippen molar-refractivity contribution in [2.45, 2.75) is 4.90 Å². The Bertz CT molecular complexity index is 694. The molecule has 0 saturated heterocycles. The number of hydrogen-bond donors (Lipinski definition) is 2. The zero-order chi connectivity index (χ0) is 17.5. The molecule has 24 heavy (non-hydrogen) atoms. The molecule has 7 heteroatoms. The smallest absolute Gasteiger partial charge is 0.279 e. The average molecular weight is 388 g/mol. The molecule has 1 atom stereocenters. The Balaban J connectivity index is 1.79. The fourth-order valence-electron chi connectivity index (χ4n) is 2.06. The maximum Gasteiger partial charge on any atom is 0.279 e. The lowest BCUT2D eigenvalue weighted by Gasteiger charge is -2.14. The number of likely N-dealkylation sites (N-methyl/N-ethyl adjacent to an activating group) is 1. The van der Waals surface area contributed by atoms with Crippen LogP contribution in [0.15, 0.2) is 47.4 Å². The van der Waals surface area contributed by atoms with Crippen molar-refractivity contribution in [3.8, 4) is 0 Å². The van der Waals surface area contributed by atoms with Gasteiger partial charge in [-0.3, -0.25) is 4.79 Å². The molecule has 128 valence electrons. The molecule has 2 rings (SSSR count). The van der Waals surface area contributed by atoms with Gasteiger partial charge in [-0.15, -0.1) is 11.8 Å². The van der Waals surface area contributed by atoms with E-state index in [0.717, 1.165) is 11.4 Å². The molecule has 2 N–H and O–H groups in total. The number of nitrogens with one attached hydrogen (secondary N) is 2. The van der Waals surface area contributed by atoms with E-state index in [9.17, 15) is 9.18 Å². The Morgan fingerprint density at radius 3 is 2.50 bits per heavy atom. The molecule has 2 aromatic carbocycles. The summed E-state index contributed by atoms with van der Waals surface area (Å²) >= 11 is 13.5. The van der Waals surface area contributed by atoms with Gasteiger partial charge in [0.05, 0.1) is 29.3 Å². The van der Waals surface area contributed by atoms with E-state index in [1.807, 2.05) is 13.1 Å². The first kappa shape index (κ1) is 19.1. The second-order valence-electron chi connectivity index (χ2n) is 5.31. The van der Waals surface area contributed by atoms with Crippen LogP contribution in [0.25, 0.3) is 0 Å². The van der Waals surface area contributed by atoms with Gasteiger partial charge in [-0.2, -0.15) is 0 Å². The summed E-state index contributed by atoms with van der Waals surface area (Å²) in [7, 11) is 1.91. The van der Waals surface area contributed by atoms with E-state index in [1.54, 1.807) is 30.3 Å². The normalized spacial score (nSPS) is 12.0. The monoisotopic (exact) mass is 387 g/mol. The molecule has 0 aliphatic heterocycles. The number of carbonyl (C=O) groups excluding carboxylic acids is 1. The van der Waals surface area contributed by atoms with Crippen molar-refractivity contribution in [1.82, 2.24) is 0 Å². The van der Waals surface area contributed by atoms with Gasteiger partial charge < -0.3 is 10.2 Å². The molecule has 0 heterocycles. The van der Waals surface area contributed by atoms with Gasteiger partial charge in [-0.25, -0.2) is 4.39 Å². The van der Waals surface area contributed by atoms with E-state index >= 15 is 0 Å². The highest BCUT2D eigenvalue weighted by Crippen LogP contribution is 2.29. The van der Waals surface area contributed by atoms with Gasteiger partial charge in [0.2, 0.25) is 0 Å². The first-order chi connectivity index (χ1) is 11.5. The van der Waals surface area contributed by atoms with E-state index in [1.165, 1.54) is 17.8 Å². The summed E-state index contributed by atoms with van der Waals surface area (Å²) in [5, 5.41) is 3.55. The second-order valence-corrected chi connectivity index (χ2v) is 7.26. The van der Waals surface area contributed by atoms with E-state index in [4.69, 9.17) is 23.2 Å².